The molecule has 3 aromatic rings. The number of esters is 1. The van der Waals surface area contributed by atoms with Crippen molar-refractivity contribution in [3.63, 3.8) is 0 Å². The Labute approximate surface area is 204 Å². The van der Waals surface area contributed by atoms with Gasteiger partial charge in [0.15, 0.2) is 0 Å². The molecule has 0 saturated carbocycles. The summed E-state index contributed by atoms with van der Waals surface area (Å²) in [6.45, 7) is 1.58. The minimum absolute atomic E-state index is 0.406. The normalized spacial score (nSPS) is 12.1. The zero-order chi connectivity index (χ0) is 25.1. The molecule has 9 heteroatoms. The smallest absolute Gasteiger partial charge is 0.322 e. The molecule has 8 nitrogen and oxygen atoms in total. The van der Waals surface area contributed by atoms with E-state index < -0.39 is 34.5 Å². The van der Waals surface area contributed by atoms with Gasteiger partial charge in [-0.05, 0) is 30.7 Å². The number of anilines is 1. The van der Waals surface area contributed by atoms with Crippen molar-refractivity contribution < 1.29 is 27.5 Å². The Morgan fingerprint density at radius 2 is 1.54 bits per heavy atom. The molecular formula is C26H26N2O6S. The molecule has 0 aliphatic carbocycles. The van der Waals surface area contributed by atoms with Crippen LogP contribution in [0.5, 0.6) is 5.75 Å². The van der Waals surface area contributed by atoms with Crippen molar-refractivity contribution in [1.29, 1.82) is 0 Å². The van der Waals surface area contributed by atoms with Gasteiger partial charge >= 0.3 is 5.97 Å². The number of para-hydroxylation sites is 2. The molecule has 0 aromatic heterocycles. The van der Waals surface area contributed by atoms with E-state index in [-0.39, 0.29) is 0 Å². The number of nitrogens with one attached hydrogen (secondary N) is 2. The third kappa shape index (κ3) is 8.09. The van der Waals surface area contributed by atoms with Crippen molar-refractivity contribution in [3.8, 4) is 5.75 Å². The van der Waals surface area contributed by atoms with Gasteiger partial charge in [-0.25, -0.2) is 13.1 Å². The van der Waals surface area contributed by atoms with Crippen molar-refractivity contribution in [2.45, 2.75) is 13.0 Å². The number of ether oxygens (including phenoxy) is 2. The summed E-state index contributed by atoms with van der Waals surface area (Å²) in [6.07, 6.45) is 0.103. The zero-order valence-electron chi connectivity index (χ0n) is 19.1. The van der Waals surface area contributed by atoms with Crippen molar-refractivity contribution in [3.05, 3.63) is 101 Å². The molecule has 3 aromatic carbocycles. The molecule has 2 N–H and O–H groups in total. The molecule has 0 radical (unpaired) electrons. The van der Waals surface area contributed by atoms with Crippen molar-refractivity contribution in [1.82, 2.24) is 4.72 Å². The Hall–Kier alpha value is -3.95. The van der Waals surface area contributed by atoms with Crippen molar-refractivity contribution in [2.24, 2.45) is 0 Å². The van der Waals surface area contributed by atoms with Gasteiger partial charge in [-0.3, -0.25) is 9.59 Å². The summed E-state index contributed by atoms with van der Waals surface area (Å²) in [4.78, 5) is 25.6. The van der Waals surface area contributed by atoms with E-state index in [1.807, 2.05) is 13.0 Å². The van der Waals surface area contributed by atoms with Gasteiger partial charge in [0, 0.05) is 11.0 Å². The largest absolute Gasteiger partial charge is 0.492 e. The van der Waals surface area contributed by atoms with Gasteiger partial charge in [0.25, 0.3) is 5.91 Å². The Balaban J connectivity index is 1.69. The van der Waals surface area contributed by atoms with E-state index >= 15 is 0 Å². The lowest BCUT2D eigenvalue weighted by molar-refractivity contribution is -0.153. The van der Waals surface area contributed by atoms with Crippen LogP contribution in [0.15, 0.2) is 90.3 Å². The van der Waals surface area contributed by atoms with Gasteiger partial charge in [0.2, 0.25) is 16.1 Å². The lowest BCUT2D eigenvalue weighted by Gasteiger charge is -2.19. The molecule has 3 rings (SSSR count). The fourth-order valence-electron chi connectivity index (χ4n) is 3.06. The Morgan fingerprint density at radius 1 is 0.914 bits per heavy atom. The van der Waals surface area contributed by atoms with Gasteiger partial charge in [-0.15, -0.1) is 0 Å². The van der Waals surface area contributed by atoms with E-state index in [1.54, 1.807) is 78.9 Å². The molecule has 1 unspecified atom stereocenters. The van der Waals surface area contributed by atoms with Crippen molar-refractivity contribution in [2.75, 3.05) is 18.5 Å². The first-order chi connectivity index (χ1) is 16.9. The van der Waals surface area contributed by atoms with Crippen LogP contribution in [-0.2, 0) is 24.3 Å². The van der Waals surface area contributed by atoms with Crippen LogP contribution >= 0.6 is 0 Å². The molecule has 0 fully saturated rings. The van der Waals surface area contributed by atoms with Crippen molar-refractivity contribution >= 4 is 33.7 Å². The number of amides is 1. The van der Waals surface area contributed by atoms with Crippen LogP contribution in [0.2, 0.25) is 0 Å². The third-order valence-corrected chi connectivity index (χ3v) is 5.73. The zero-order valence-corrected chi connectivity index (χ0v) is 19.9. The quantitative estimate of drug-likeness (QED) is 0.391. The highest BCUT2D eigenvalue weighted by atomic mass is 32.2. The highest BCUT2D eigenvalue weighted by Crippen LogP contribution is 2.26. The molecule has 1 amide bonds. The molecule has 0 aliphatic heterocycles. The first-order valence-electron chi connectivity index (χ1n) is 10.9. The van der Waals surface area contributed by atoms with E-state index in [0.29, 0.717) is 29.2 Å². The highest BCUT2D eigenvalue weighted by Gasteiger charge is 2.26. The Bertz CT molecular complexity index is 1260. The standard InChI is InChI=1S/C26H26N2O6S/c1-2-33-23-16-10-9-15-22(23)28-26(30)25(21-13-7-4-8-14-21)34-24(29)19-27-35(31,32)18-17-20-11-5-3-6-12-20/h3-18,25,27H,2,19H2,1H3,(H,28,30)/b18-17+. The van der Waals surface area contributed by atoms with E-state index in [1.165, 1.54) is 6.08 Å². The molecule has 1 atom stereocenters. The monoisotopic (exact) mass is 494 g/mol. The maximum atomic E-state index is 13.1. The molecule has 0 spiro atoms. The van der Waals surface area contributed by atoms with E-state index in [4.69, 9.17) is 9.47 Å². The minimum atomic E-state index is -3.90. The number of benzene rings is 3. The van der Waals surface area contributed by atoms with Crippen LogP contribution < -0.4 is 14.8 Å². The number of carbonyl (C=O) groups is 2. The molecule has 0 aliphatic rings. The summed E-state index contributed by atoms with van der Waals surface area (Å²) in [5.41, 5.74) is 1.54. The highest BCUT2D eigenvalue weighted by molar-refractivity contribution is 7.92. The van der Waals surface area contributed by atoms with Crippen LogP contribution in [-0.4, -0.2) is 33.4 Å². The molecule has 182 valence electrons. The summed E-state index contributed by atoms with van der Waals surface area (Å²) in [5, 5.41) is 3.68. The fraction of sp³-hybridized carbons (Fsp3) is 0.154. The molecule has 0 heterocycles. The lowest BCUT2D eigenvalue weighted by atomic mass is 10.1. The second-order valence-corrected chi connectivity index (χ2v) is 8.93. The lowest BCUT2D eigenvalue weighted by Crippen LogP contribution is -2.33. The first kappa shape index (κ1) is 25.7. The molecule has 35 heavy (non-hydrogen) atoms. The molecule has 0 bridgehead atoms. The van der Waals surface area contributed by atoms with Crippen LogP contribution in [0.4, 0.5) is 5.69 Å². The second-order valence-electron chi connectivity index (χ2n) is 7.28. The van der Waals surface area contributed by atoms with E-state index in [0.717, 1.165) is 5.41 Å². The maximum Gasteiger partial charge on any atom is 0.322 e. The summed E-state index contributed by atoms with van der Waals surface area (Å²) in [5.74, 6) is -1.05. The maximum absolute atomic E-state index is 13.1. The topological polar surface area (TPSA) is 111 Å². The number of sulfonamides is 1. The van der Waals surface area contributed by atoms with E-state index in [2.05, 4.69) is 10.0 Å². The number of hydrogen-bond acceptors (Lipinski definition) is 6. The van der Waals surface area contributed by atoms with Crippen LogP contribution in [0.25, 0.3) is 6.08 Å². The number of rotatable bonds is 11. The van der Waals surface area contributed by atoms with Gasteiger partial charge in [-0.1, -0.05) is 72.8 Å². The van der Waals surface area contributed by atoms with Crippen LogP contribution in [0.1, 0.15) is 24.2 Å². The van der Waals surface area contributed by atoms with Gasteiger partial charge < -0.3 is 14.8 Å². The summed E-state index contributed by atoms with van der Waals surface area (Å²) >= 11 is 0. The SMILES string of the molecule is CCOc1ccccc1NC(=O)C(OC(=O)CNS(=O)(=O)/C=C/c1ccccc1)c1ccccc1. The first-order valence-corrected chi connectivity index (χ1v) is 12.4. The average Bonchev–Trinajstić information content (AvgIpc) is 2.87. The predicted molar refractivity (Wildman–Crippen MR) is 134 cm³/mol. The predicted octanol–water partition coefficient (Wildman–Crippen LogP) is 3.90. The number of hydrogen-bond donors (Lipinski definition) is 2. The molecular weight excluding hydrogens is 468 g/mol. The summed E-state index contributed by atoms with van der Waals surface area (Å²) in [6, 6.07) is 24.2. The third-order valence-electron chi connectivity index (χ3n) is 4.69. The second kappa shape index (κ2) is 12.5. The number of carbonyl (C=O) groups excluding carboxylic acids is 2. The van der Waals surface area contributed by atoms with Gasteiger partial charge in [0.1, 0.15) is 12.3 Å². The summed E-state index contributed by atoms with van der Waals surface area (Å²) < 4.78 is 37.6. The minimum Gasteiger partial charge on any atom is -0.492 e. The summed E-state index contributed by atoms with van der Waals surface area (Å²) in [7, 11) is -3.90. The van der Waals surface area contributed by atoms with Crippen LogP contribution in [0.3, 0.4) is 0 Å². The average molecular weight is 495 g/mol. The van der Waals surface area contributed by atoms with Gasteiger partial charge in [0.05, 0.1) is 12.3 Å². The van der Waals surface area contributed by atoms with Gasteiger partial charge in [-0.2, -0.15) is 0 Å². The Kier molecular flexibility index (Phi) is 9.16. The Morgan fingerprint density at radius 3 is 2.23 bits per heavy atom. The molecule has 0 saturated heterocycles. The van der Waals surface area contributed by atoms with Crippen LogP contribution in [0, 0.1) is 0 Å². The fourth-order valence-corrected chi connectivity index (χ4v) is 3.81. The van der Waals surface area contributed by atoms with E-state index in [9.17, 15) is 18.0 Å².